The lowest BCUT2D eigenvalue weighted by Crippen LogP contribution is -2.51. The molecule has 1 saturated carbocycles. The summed E-state index contributed by atoms with van der Waals surface area (Å²) in [5.74, 6) is 2.93. The SMILES string of the molecule is COC1CN(CC2C(C)CC(C)CC2N)CCC1C. The third kappa shape index (κ3) is 3.71. The number of hydrogen-bond donors (Lipinski definition) is 1. The fourth-order valence-corrected chi connectivity index (χ4v) is 4.15. The predicted molar refractivity (Wildman–Crippen MR) is 80.0 cm³/mol. The molecule has 2 rings (SSSR count). The lowest BCUT2D eigenvalue weighted by Gasteiger charge is -2.43. The molecule has 0 amide bonds. The van der Waals surface area contributed by atoms with Gasteiger partial charge in [0.1, 0.15) is 0 Å². The first-order valence-corrected chi connectivity index (χ1v) is 8.02. The molecule has 0 aromatic heterocycles. The van der Waals surface area contributed by atoms with Crippen LogP contribution in [0.1, 0.15) is 40.0 Å². The summed E-state index contributed by atoms with van der Waals surface area (Å²) < 4.78 is 5.62. The first-order valence-electron chi connectivity index (χ1n) is 8.02. The Kier molecular flexibility index (Phi) is 5.27. The first kappa shape index (κ1) is 15.3. The average Bonchev–Trinajstić information content (AvgIpc) is 2.35. The lowest BCUT2D eigenvalue weighted by atomic mass is 9.72. The van der Waals surface area contributed by atoms with Crippen LogP contribution in [0.4, 0.5) is 0 Å². The summed E-state index contributed by atoms with van der Waals surface area (Å²) >= 11 is 0. The van der Waals surface area contributed by atoms with Crippen molar-refractivity contribution >= 4 is 0 Å². The van der Waals surface area contributed by atoms with Crippen LogP contribution in [0, 0.1) is 23.7 Å². The Hall–Kier alpha value is -0.120. The van der Waals surface area contributed by atoms with E-state index in [1.54, 1.807) is 0 Å². The number of nitrogens with two attached hydrogens (primary N) is 1. The highest BCUT2D eigenvalue weighted by atomic mass is 16.5. The Morgan fingerprint density at radius 3 is 2.53 bits per heavy atom. The largest absolute Gasteiger partial charge is 0.380 e. The molecule has 0 radical (unpaired) electrons. The van der Waals surface area contributed by atoms with Gasteiger partial charge in [0.05, 0.1) is 6.10 Å². The van der Waals surface area contributed by atoms with Crippen molar-refractivity contribution in [3.8, 4) is 0 Å². The summed E-state index contributed by atoms with van der Waals surface area (Å²) in [6.45, 7) is 10.5. The zero-order chi connectivity index (χ0) is 14.0. The Bertz CT molecular complexity index is 272. The molecule has 0 aromatic carbocycles. The van der Waals surface area contributed by atoms with Crippen LogP contribution in [0.3, 0.4) is 0 Å². The van der Waals surface area contributed by atoms with E-state index in [-0.39, 0.29) is 0 Å². The van der Waals surface area contributed by atoms with Gasteiger partial charge in [-0.2, -0.15) is 0 Å². The second-order valence-electron chi connectivity index (χ2n) is 7.18. The van der Waals surface area contributed by atoms with Crippen molar-refractivity contribution in [2.24, 2.45) is 29.4 Å². The number of ether oxygens (including phenoxy) is 1. The van der Waals surface area contributed by atoms with Crippen LogP contribution in [-0.4, -0.2) is 43.8 Å². The molecule has 2 aliphatic rings. The number of likely N-dealkylation sites (tertiary alicyclic amines) is 1. The van der Waals surface area contributed by atoms with E-state index in [0.29, 0.717) is 24.0 Å². The molecule has 1 heterocycles. The van der Waals surface area contributed by atoms with E-state index in [1.165, 1.54) is 32.4 Å². The van der Waals surface area contributed by atoms with Crippen LogP contribution >= 0.6 is 0 Å². The lowest BCUT2D eigenvalue weighted by molar-refractivity contribution is -0.0165. The van der Waals surface area contributed by atoms with E-state index < -0.39 is 0 Å². The van der Waals surface area contributed by atoms with Crippen molar-refractivity contribution in [1.29, 1.82) is 0 Å². The summed E-state index contributed by atoms with van der Waals surface area (Å²) in [4.78, 5) is 2.59. The maximum absolute atomic E-state index is 6.41. The van der Waals surface area contributed by atoms with Gasteiger partial charge in [-0.25, -0.2) is 0 Å². The van der Waals surface area contributed by atoms with Gasteiger partial charge in [-0.1, -0.05) is 20.8 Å². The van der Waals surface area contributed by atoms with Gasteiger partial charge in [-0.05, 0) is 49.5 Å². The summed E-state index contributed by atoms with van der Waals surface area (Å²) in [6, 6.07) is 0.388. The molecule has 6 atom stereocenters. The molecule has 0 spiro atoms. The molecule has 1 aliphatic carbocycles. The Labute approximate surface area is 118 Å². The summed E-state index contributed by atoms with van der Waals surface area (Å²) in [5.41, 5.74) is 6.41. The van der Waals surface area contributed by atoms with E-state index in [9.17, 15) is 0 Å². The average molecular weight is 268 g/mol. The van der Waals surface area contributed by atoms with Crippen LogP contribution in [0.15, 0.2) is 0 Å². The number of rotatable bonds is 3. The minimum atomic E-state index is 0.388. The zero-order valence-corrected chi connectivity index (χ0v) is 13.1. The fraction of sp³-hybridized carbons (Fsp3) is 1.00. The van der Waals surface area contributed by atoms with Crippen molar-refractivity contribution in [2.75, 3.05) is 26.7 Å². The number of nitrogens with zero attached hydrogens (tertiary/aromatic N) is 1. The maximum Gasteiger partial charge on any atom is 0.0724 e. The monoisotopic (exact) mass is 268 g/mol. The molecule has 1 saturated heterocycles. The van der Waals surface area contributed by atoms with E-state index in [0.717, 1.165) is 18.4 Å². The molecule has 2 fully saturated rings. The van der Waals surface area contributed by atoms with E-state index in [1.807, 2.05) is 7.11 Å². The van der Waals surface area contributed by atoms with Crippen LogP contribution in [0.25, 0.3) is 0 Å². The number of methoxy groups -OCH3 is 1. The van der Waals surface area contributed by atoms with Crippen molar-refractivity contribution in [3.63, 3.8) is 0 Å². The second kappa shape index (κ2) is 6.55. The van der Waals surface area contributed by atoms with Gasteiger partial charge in [-0.15, -0.1) is 0 Å². The van der Waals surface area contributed by atoms with Gasteiger partial charge in [-0.3, -0.25) is 0 Å². The molecule has 112 valence electrons. The number of hydrogen-bond acceptors (Lipinski definition) is 3. The smallest absolute Gasteiger partial charge is 0.0724 e. The van der Waals surface area contributed by atoms with Crippen molar-refractivity contribution < 1.29 is 4.74 Å². The topological polar surface area (TPSA) is 38.5 Å². The van der Waals surface area contributed by atoms with Crippen LogP contribution in [0.2, 0.25) is 0 Å². The molecule has 3 nitrogen and oxygen atoms in total. The third-order valence-corrected chi connectivity index (χ3v) is 5.47. The molecule has 0 bridgehead atoms. The summed E-state index contributed by atoms with van der Waals surface area (Å²) in [6.07, 6.45) is 4.21. The normalized spacial score (nSPS) is 45.3. The highest BCUT2D eigenvalue weighted by Gasteiger charge is 2.34. The first-order chi connectivity index (χ1) is 9.01. The minimum absolute atomic E-state index is 0.388. The van der Waals surface area contributed by atoms with Crippen molar-refractivity contribution in [2.45, 2.75) is 52.2 Å². The van der Waals surface area contributed by atoms with Gasteiger partial charge >= 0.3 is 0 Å². The summed E-state index contributed by atoms with van der Waals surface area (Å²) in [5, 5.41) is 0. The van der Waals surface area contributed by atoms with E-state index in [2.05, 4.69) is 25.7 Å². The quantitative estimate of drug-likeness (QED) is 0.854. The maximum atomic E-state index is 6.41. The second-order valence-corrected chi connectivity index (χ2v) is 7.18. The molecule has 19 heavy (non-hydrogen) atoms. The molecule has 1 aliphatic heterocycles. The highest BCUT2D eigenvalue weighted by molar-refractivity contribution is 4.89. The number of piperidine rings is 1. The van der Waals surface area contributed by atoms with E-state index >= 15 is 0 Å². The van der Waals surface area contributed by atoms with Gasteiger partial charge < -0.3 is 15.4 Å². The fourth-order valence-electron chi connectivity index (χ4n) is 4.15. The standard InChI is InChI=1S/C16H32N2O/c1-11-7-13(3)14(15(17)8-11)9-18-6-5-12(2)16(10-18)19-4/h11-16H,5-10,17H2,1-4H3. The van der Waals surface area contributed by atoms with Gasteiger partial charge in [0.15, 0.2) is 0 Å². The Morgan fingerprint density at radius 2 is 1.89 bits per heavy atom. The van der Waals surface area contributed by atoms with Gasteiger partial charge in [0.25, 0.3) is 0 Å². The van der Waals surface area contributed by atoms with Crippen LogP contribution < -0.4 is 5.73 Å². The third-order valence-electron chi connectivity index (χ3n) is 5.47. The van der Waals surface area contributed by atoms with E-state index in [4.69, 9.17) is 10.5 Å². The molecule has 3 heteroatoms. The molecule has 2 N–H and O–H groups in total. The molecular weight excluding hydrogens is 236 g/mol. The molecule has 0 aromatic rings. The minimum Gasteiger partial charge on any atom is -0.380 e. The predicted octanol–water partition coefficient (Wildman–Crippen LogP) is 2.35. The van der Waals surface area contributed by atoms with Gasteiger partial charge in [0, 0.05) is 26.2 Å². The van der Waals surface area contributed by atoms with Crippen LogP contribution in [-0.2, 0) is 4.74 Å². The Balaban J connectivity index is 1.89. The zero-order valence-electron chi connectivity index (χ0n) is 13.1. The van der Waals surface area contributed by atoms with Gasteiger partial charge in [0.2, 0.25) is 0 Å². The van der Waals surface area contributed by atoms with Crippen molar-refractivity contribution in [1.82, 2.24) is 4.90 Å². The molecule has 6 unspecified atom stereocenters. The van der Waals surface area contributed by atoms with Crippen LogP contribution in [0.5, 0.6) is 0 Å². The highest BCUT2D eigenvalue weighted by Crippen LogP contribution is 2.34. The summed E-state index contributed by atoms with van der Waals surface area (Å²) in [7, 11) is 1.85. The van der Waals surface area contributed by atoms with Crippen molar-refractivity contribution in [3.05, 3.63) is 0 Å². The Morgan fingerprint density at radius 1 is 1.16 bits per heavy atom. The molecular formula is C16H32N2O.